The molecule has 2 heterocycles. The Labute approximate surface area is 103 Å². The lowest BCUT2D eigenvalue weighted by atomic mass is 9.92. The molecule has 1 fully saturated rings. The molecule has 0 atom stereocenters. The van der Waals surface area contributed by atoms with Gasteiger partial charge in [-0.1, -0.05) is 0 Å². The van der Waals surface area contributed by atoms with Crippen LogP contribution in [-0.4, -0.2) is 35.2 Å². The minimum Gasteiger partial charge on any atom is -0.306 e. The molecule has 1 N–H and O–H groups in total. The predicted octanol–water partition coefficient (Wildman–Crippen LogP) is 1.42. The fourth-order valence-electron chi connectivity index (χ4n) is 2.09. The van der Waals surface area contributed by atoms with Crippen LogP contribution in [-0.2, 0) is 6.42 Å². The van der Waals surface area contributed by atoms with E-state index in [1.54, 1.807) is 0 Å². The highest BCUT2D eigenvalue weighted by molar-refractivity contribution is 9.10. The second kappa shape index (κ2) is 5.10. The van der Waals surface area contributed by atoms with Crippen molar-refractivity contribution >= 4 is 15.9 Å². The van der Waals surface area contributed by atoms with Crippen LogP contribution in [0, 0.1) is 5.92 Å². The fraction of sp³-hybridized carbons (Fsp3) is 0.636. The van der Waals surface area contributed by atoms with Crippen molar-refractivity contribution in [3.63, 3.8) is 0 Å². The summed E-state index contributed by atoms with van der Waals surface area (Å²) < 4.78 is 0.574. The second-order valence-electron chi connectivity index (χ2n) is 4.49. The highest BCUT2D eigenvalue weighted by Gasteiger charge is 2.17. The van der Waals surface area contributed by atoms with Crippen LogP contribution in [0.1, 0.15) is 18.5 Å². The van der Waals surface area contributed by atoms with Crippen LogP contribution in [0.15, 0.2) is 15.3 Å². The van der Waals surface area contributed by atoms with Crippen molar-refractivity contribution in [1.82, 2.24) is 15.1 Å². The number of rotatable bonds is 2. The van der Waals surface area contributed by atoms with Crippen LogP contribution in [0.2, 0.25) is 0 Å². The molecule has 16 heavy (non-hydrogen) atoms. The molecular formula is C11H16BrN3O. The molecule has 0 aliphatic carbocycles. The van der Waals surface area contributed by atoms with Gasteiger partial charge in [-0.15, -0.1) is 0 Å². The standard InChI is InChI=1S/C11H16BrN3O/c1-15-4-2-8(3-5-15)6-9-7-10(12)11(16)14-13-9/h7-8H,2-6H2,1H3,(H,14,16). The maximum absolute atomic E-state index is 11.1. The smallest absolute Gasteiger partial charge is 0.278 e. The van der Waals surface area contributed by atoms with Crippen LogP contribution in [0.4, 0.5) is 0 Å². The van der Waals surface area contributed by atoms with Crippen LogP contribution < -0.4 is 5.56 Å². The van der Waals surface area contributed by atoms with Crippen molar-refractivity contribution in [2.45, 2.75) is 19.3 Å². The van der Waals surface area contributed by atoms with Gasteiger partial charge in [0, 0.05) is 0 Å². The van der Waals surface area contributed by atoms with Gasteiger partial charge in [0.2, 0.25) is 0 Å². The third-order valence-corrected chi connectivity index (χ3v) is 3.74. The van der Waals surface area contributed by atoms with E-state index >= 15 is 0 Å². The minimum absolute atomic E-state index is 0.160. The van der Waals surface area contributed by atoms with E-state index in [9.17, 15) is 4.79 Å². The molecule has 0 amide bonds. The molecule has 4 nitrogen and oxygen atoms in total. The Balaban J connectivity index is 1.98. The Bertz CT molecular complexity index is 410. The van der Waals surface area contributed by atoms with Crippen LogP contribution >= 0.6 is 15.9 Å². The molecule has 1 saturated heterocycles. The van der Waals surface area contributed by atoms with Crippen molar-refractivity contribution in [2.75, 3.05) is 20.1 Å². The van der Waals surface area contributed by atoms with E-state index in [4.69, 9.17) is 0 Å². The first-order valence-corrected chi connectivity index (χ1v) is 6.37. The van der Waals surface area contributed by atoms with E-state index in [1.807, 2.05) is 6.07 Å². The number of aromatic nitrogens is 2. The number of piperidine rings is 1. The van der Waals surface area contributed by atoms with Gasteiger partial charge in [-0.2, -0.15) is 5.10 Å². The summed E-state index contributed by atoms with van der Waals surface area (Å²) >= 11 is 3.23. The van der Waals surface area contributed by atoms with Gasteiger partial charge in [-0.05, 0) is 67.3 Å². The first kappa shape index (κ1) is 11.8. The average Bonchev–Trinajstić information content (AvgIpc) is 2.27. The van der Waals surface area contributed by atoms with E-state index in [-0.39, 0.29) is 5.56 Å². The Kier molecular flexibility index (Phi) is 3.76. The van der Waals surface area contributed by atoms with Crippen molar-refractivity contribution in [2.24, 2.45) is 5.92 Å². The first-order valence-electron chi connectivity index (χ1n) is 5.58. The molecule has 0 aromatic carbocycles. The highest BCUT2D eigenvalue weighted by atomic mass is 79.9. The minimum atomic E-state index is -0.160. The third-order valence-electron chi connectivity index (χ3n) is 3.15. The van der Waals surface area contributed by atoms with Crippen molar-refractivity contribution < 1.29 is 0 Å². The summed E-state index contributed by atoms with van der Waals surface area (Å²) in [6.07, 6.45) is 3.40. The molecule has 0 saturated carbocycles. The number of aromatic amines is 1. The lowest BCUT2D eigenvalue weighted by molar-refractivity contribution is 0.218. The topological polar surface area (TPSA) is 49.0 Å². The van der Waals surface area contributed by atoms with Crippen LogP contribution in [0.3, 0.4) is 0 Å². The number of halogens is 1. The van der Waals surface area contributed by atoms with E-state index in [0.29, 0.717) is 10.4 Å². The Morgan fingerprint density at radius 2 is 2.25 bits per heavy atom. The quantitative estimate of drug-likeness (QED) is 0.894. The van der Waals surface area contributed by atoms with Gasteiger partial charge in [0.25, 0.3) is 5.56 Å². The molecule has 0 unspecified atom stereocenters. The zero-order valence-corrected chi connectivity index (χ0v) is 11.0. The molecule has 1 aliphatic rings. The SMILES string of the molecule is CN1CCC(Cc2cc(Br)c(=O)[nH]n2)CC1. The summed E-state index contributed by atoms with van der Waals surface area (Å²) in [5.74, 6) is 0.696. The Morgan fingerprint density at radius 3 is 2.88 bits per heavy atom. The number of hydrogen-bond donors (Lipinski definition) is 1. The maximum atomic E-state index is 11.1. The normalized spacial score (nSPS) is 18.9. The molecule has 2 rings (SSSR count). The second-order valence-corrected chi connectivity index (χ2v) is 5.34. The van der Waals surface area contributed by atoms with Gasteiger partial charge in [-0.3, -0.25) is 4.79 Å². The summed E-state index contributed by atoms with van der Waals surface area (Å²) in [5, 5.41) is 6.57. The summed E-state index contributed by atoms with van der Waals surface area (Å²) in [6.45, 7) is 2.32. The van der Waals surface area contributed by atoms with E-state index < -0.39 is 0 Å². The zero-order chi connectivity index (χ0) is 11.5. The summed E-state index contributed by atoms with van der Waals surface area (Å²) in [4.78, 5) is 13.5. The van der Waals surface area contributed by atoms with Crippen molar-refractivity contribution in [3.05, 3.63) is 26.6 Å². The summed E-state index contributed by atoms with van der Waals surface area (Å²) in [5.41, 5.74) is 0.813. The molecule has 0 spiro atoms. The average molecular weight is 286 g/mol. The number of nitrogens with zero attached hydrogens (tertiary/aromatic N) is 2. The van der Waals surface area contributed by atoms with Gasteiger partial charge >= 0.3 is 0 Å². The summed E-state index contributed by atoms with van der Waals surface area (Å²) in [7, 11) is 2.16. The molecule has 0 bridgehead atoms. The van der Waals surface area contributed by atoms with E-state index in [1.165, 1.54) is 12.8 Å². The lowest BCUT2D eigenvalue weighted by Gasteiger charge is -2.28. The van der Waals surface area contributed by atoms with E-state index in [0.717, 1.165) is 25.2 Å². The number of hydrogen-bond acceptors (Lipinski definition) is 3. The molecule has 1 aromatic rings. The number of H-pyrrole nitrogens is 1. The largest absolute Gasteiger partial charge is 0.306 e. The summed E-state index contributed by atoms with van der Waals surface area (Å²) in [6, 6.07) is 1.83. The maximum Gasteiger partial charge on any atom is 0.278 e. The Morgan fingerprint density at radius 1 is 1.56 bits per heavy atom. The third kappa shape index (κ3) is 2.92. The number of likely N-dealkylation sites (tertiary alicyclic amines) is 1. The van der Waals surface area contributed by atoms with Gasteiger partial charge in [-0.25, -0.2) is 5.10 Å². The molecule has 1 aliphatic heterocycles. The van der Waals surface area contributed by atoms with Gasteiger partial charge in [0.15, 0.2) is 0 Å². The van der Waals surface area contributed by atoms with Crippen molar-refractivity contribution in [3.8, 4) is 0 Å². The molecule has 1 aromatic heterocycles. The van der Waals surface area contributed by atoms with E-state index in [2.05, 4.69) is 38.1 Å². The Hall–Kier alpha value is -0.680. The molecule has 88 valence electrons. The van der Waals surface area contributed by atoms with Crippen LogP contribution in [0.5, 0.6) is 0 Å². The highest BCUT2D eigenvalue weighted by Crippen LogP contribution is 2.20. The van der Waals surface area contributed by atoms with Gasteiger partial charge in [0.1, 0.15) is 0 Å². The van der Waals surface area contributed by atoms with Crippen molar-refractivity contribution in [1.29, 1.82) is 0 Å². The predicted molar refractivity (Wildman–Crippen MR) is 66.5 cm³/mol. The monoisotopic (exact) mass is 285 g/mol. The van der Waals surface area contributed by atoms with Crippen LogP contribution in [0.25, 0.3) is 0 Å². The fourth-order valence-corrected chi connectivity index (χ4v) is 2.44. The first-order chi connectivity index (χ1) is 7.65. The lowest BCUT2D eigenvalue weighted by Crippen LogP contribution is -2.31. The number of nitrogens with one attached hydrogen (secondary N) is 1. The molecule has 0 radical (unpaired) electrons. The molecule has 5 heteroatoms. The van der Waals surface area contributed by atoms with Gasteiger partial charge in [0.05, 0.1) is 10.2 Å². The molecular weight excluding hydrogens is 270 g/mol. The zero-order valence-electron chi connectivity index (χ0n) is 9.37. The van der Waals surface area contributed by atoms with Gasteiger partial charge < -0.3 is 4.90 Å².